The van der Waals surface area contributed by atoms with Crippen LogP contribution in [0.5, 0.6) is 0 Å². The van der Waals surface area contributed by atoms with E-state index < -0.39 is 6.10 Å². The fourth-order valence-corrected chi connectivity index (χ4v) is 2.64. The van der Waals surface area contributed by atoms with E-state index in [-0.39, 0.29) is 5.92 Å². The zero-order chi connectivity index (χ0) is 14.7. The summed E-state index contributed by atoms with van der Waals surface area (Å²) in [6.45, 7) is 4.37. The summed E-state index contributed by atoms with van der Waals surface area (Å²) >= 11 is 6.14. The fourth-order valence-electron chi connectivity index (χ4n) is 2.45. The van der Waals surface area contributed by atoms with Gasteiger partial charge in [0, 0.05) is 17.5 Å². The van der Waals surface area contributed by atoms with E-state index >= 15 is 0 Å². The van der Waals surface area contributed by atoms with Crippen LogP contribution in [0.2, 0.25) is 5.02 Å². The Morgan fingerprint density at radius 1 is 1.10 bits per heavy atom. The Morgan fingerprint density at radius 2 is 1.80 bits per heavy atom. The molecular formula is C17H20ClNO. The number of hydrogen-bond acceptors (Lipinski definition) is 2. The SMILES string of the molecule is Cc1ccc(C(O)C(CN)c2ccccc2C)cc1Cl. The minimum Gasteiger partial charge on any atom is -0.388 e. The van der Waals surface area contributed by atoms with Crippen molar-refractivity contribution in [3.63, 3.8) is 0 Å². The molecule has 0 heterocycles. The number of aliphatic hydroxyl groups is 1. The number of nitrogens with two attached hydrogens (primary N) is 1. The summed E-state index contributed by atoms with van der Waals surface area (Å²) in [7, 11) is 0. The number of aryl methyl sites for hydroxylation is 2. The molecule has 0 aliphatic heterocycles. The van der Waals surface area contributed by atoms with Crippen molar-refractivity contribution in [1.29, 1.82) is 0 Å². The molecule has 0 saturated carbocycles. The maximum Gasteiger partial charge on any atom is 0.0871 e. The summed E-state index contributed by atoms with van der Waals surface area (Å²) < 4.78 is 0. The number of halogens is 1. The van der Waals surface area contributed by atoms with Crippen LogP contribution in [0, 0.1) is 13.8 Å². The summed E-state index contributed by atoms with van der Waals surface area (Å²) in [6, 6.07) is 13.7. The van der Waals surface area contributed by atoms with Gasteiger partial charge in [-0.2, -0.15) is 0 Å². The van der Waals surface area contributed by atoms with Crippen LogP contribution in [0.25, 0.3) is 0 Å². The first-order chi connectivity index (χ1) is 9.54. The van der Waals surface area contributed by atoms with Crippen LogP contribution in [-0.2, 0) is 0 Å². The normalized spacial score (nSPS) is 14.1. The number of hydrogen-bond donors (Lipinski definition) is 2. The average Bonchev–Trinajstić information content (AvgIpc) is 2.44. The molecule has 2 aromatic rings. The molecule has 0 aliphatic carbocycles. The predicted octanol–water partition coefficient (Wildman–Crippen LogP) is 3.73. The maximum absolute atomic E-state index is 10.6. The van der Waals surface area contributed by atoms with Crippen LogP contribution in [0.4, 0.5) is 0 Å². The molecule has 2 nitrogen and oxygen atoms in total. The van der Waals surface area contributed by atoms with Crippen molar-refractivity contribution in [3.05, 3.63) is 69.7 Å². The summed E-state index contributed by atoms with van der Waals surface area (Å²) in [5.41, 5.74) is 9.92. The Morgan fingerprint density at radius 3 is 2.40 bits per heavy atom. The lowest BCUT2D eigenvalue weighted by Crippen LogP contribution is -2.21. The van der Waals surface area contributed by atoms with Gasteiger partial charge < -0.3 is 10.8 Å². The predicted molar refractivity (Wildman–Crippen MR) is 84.1 cm³/mol. The molecule has 0 radical (unpaired) electrons. The van der Waals surface area contributed by atoms with Crippen molar-refractivity contribution in [2.75, 3.05) is 6.54 Å². The van der Waals surface area contributed by atoms with Gasteiger partial charge in [-0.25, -0.2) is 0 Å². The third kappa shape index (κ3) is 3.04. The van der Waals surface area contributed by atoms with E-state index in [1.54, 1.807) is 0 Å². The van der Waals surface area contributed by atoms with Gasteiger partial charge in [-0.1, -0.05) is 48.0 Å². The van der Waals surface area contributed by atoms with Gasteiger partial charge >= 0.3 is 0 Å². The van der Waals surface area contributed by atoms with Gasteiger partial charge in [-0.3, -0.25) is 0 Å². The zero-order valence-electron chi connectivity index (χ0n) is 11.8. The fraction of sp³-hybridized carbons (Fsp3) is 0.294. The van der Waals surface area contributed by atoms with Crippen molar-refractivity contribution in [3.8, 4) is 0 Å². The van der Waals surface area contributed by atoms with E-state index in [1.165, 1.54) is 0 Å². The molecule has 0 aromatic heterocycles. The highest BCUT2D eigenvalue weighted by Crippen LogP contribution is 2.33. The Hall–Kier alpha value is -1.35. The minimum atomic E-state index is -0.654. The molecule has 0 saturated heterocycles. The van der Waals surface area contributed by atoms with Crippen LogP contribution in [-0.4, -0.2) is 11.7 Å². The standard InChI is InChI=1S/C17H20ClNO/c1-11-5-3-4-6-14(11)15(10-19)17(20)13-8-7-12(2)16(18)9-13/h3-9,15,17,20H,10,19H2,1-2H3. The quantitative estimate of drug-likeness (QED) is 0.901. The largest absolute Gasteiger partial charge is 0.388 e. The molecule has 2 unspecified atom stereocenters. The lowest BCUT2D eigenvalue weighted by molar-refractivity contribution is 0.147. The molecule has 2 aromatic carbocycles. The molecule has 0 fully saturated rings. The second-order valence-electron chi connectivity index (χ2n) is 5.15. The minimum absolute atomic E-state index is 0.130. The van der Waals surface area contributed by atoms with Crippen LogP contribution in [0.3, 0.4) is 0 Å². The molecule has 0 bridgehead atoms. The van der Waals surface area contributed by atoms with E-state index in [2.05, 4.69) is 0 Å². The van der Waals surface area contributed by atoms with Gasteiger partial charge in [0.05, 0.1) is 6.10 Å². The van der Waals surface area contributed by atoms with Gasteiger partial charge in [0.2, 0.25) is 0 Å². The van der Waals surface area contributed by atoms with Gasteiger partial charge in [-0.05, 0) is 42.2 Å². The van der Waals surface area contributed by atoms with E-state index in [0.717, 1.165) is 22.3 Å². The smallest absolute Gasteiger partial charge is 0.0871 e. The third-order valence-electron chi connectivity index (χ3n) is 3.76. The molecule has 0 spiro atoms. The third-order valence-corrected chi connectivity index (χ3v) is 4.17. The first kappa shape index (κ1) is 15.0. The lowest BCUT2D eigenvalue weighted by Gasteiger charge is -2.24. The van der Waals surface area contributed by atoms with Crippen LogP contribution in [0.1, 0.15) is 34.3 Å². The van der Waals surface area contributed by atoms with Gasteiger partial charge in [-0.15, -0.1) is 0 Å². The van der Waals surface area contributed by atoms with Crippen molar-refractivity contribution >= 4 is 11.6 Å². The highest BCUT2D eigenvalue weighted by molar-refractivity contribution is 6.31. The molecular weight excluding hydrogens is 270 g/mol. The van der Waals surface area contributed by atoms with E-state index in [9.17, 15) is 5.11 Å². The first-order valence-electron chi connectivity index (χ1n) is 6.74. The number of rotatable bonds is 4. The van der Waals surface area contributed by atoms with Crippen molar-refractivity contribution in [2.24, 2.45) is 5.73 Å². The topological polar surface area (TPSA) is 46.2 Å². The van der Waals surface area contributed by atoms with Crippen LogP contribution in [0.15, 0.2) is 42.5 Å². The Bertz CT molecular complexity index is 597. The lowest BCUT2D eigenvalue weighted by atomic mass is 9.86. The Balaban J connectivity index is 2.36. The summed E-state index contributed by atoms with van der Waals surface area (Å²) in [4.78, 5) is 0. The van der Waals surface area contributed by atoms with Gasteiger partial charge in [0.25, 0.3) is 0 Å². The molecule has 3 N–H and O–H groups in total. The summed E-state index contributed by atoms with van der Waals surface area (Å²) in [5, 5.41) is 11.3. The second kappa shape index (κ2) is 6.40. The van der Waals surface area contributed by atoms with E-state index in [4.69, 9.17) is 17.3 Å². The molecule has 106 valence electrons. The Kier molecular flexibility index (Phi) is 4.81. The van der Waals surface area contributed by atoms with E-state index in [0.29, 0.717) is 11.6 Å². The van der Waals surface area contributed by atoms with Crippen molar-refractivity contribution < 1.29 is 5.11 Å². The Labute approximate surface area is 125 Å². The molecule has 20 heavy (non-hydrogen) atoms. The van der Waals surface area contributed by atoms with Gasteiger partial charge in [0.1, 0.15) is 0 Å². The zero-order valence-corrected chi connectivity index (χ0v) is 12.6. The average molecular weight is 290 g/mol. The number of aliphatic hydroxyl groups excluding tert-OH is 1. The first-order valence-corrected chi connectivity index (χ1v) is 7.12. The number of benzene rings is 2. The molecule has 0 amide bonds. The molecule has 2 rings (SSSR count). The summed E-state index contributed by atoms with van der Waals surface area (Å²) in [5.74, 6) is -0.130. The monoisotopic (exact) mass is 289 g/mol. The van der Waals surface area contributed by atoms with E-state index in [1.807, 2.05) is 56.3 Å². The molecule has 3 heteroatoms. The van der Waals surface area contributed by atoms with Crippen LogP contribution < -0.4 is 5.73 Å². The summed E-state index contributed by atoms with van der Waals surface area (Å²) in [6.07, 6.45) is -0.654. The van der Waals surface area contributed by atoms with Gasteiger partial charge in [0.15, 0.2) is 0 Å². The highest BCUT2D eigenvalue weighted by atomic mass is 35.5. The highest BCUT2D eigenvalue weighted by Gasteiger charge is 2.23. The van der Waals surface area contributed by atoms with Crippen LogP contribution >= 0.6 is 11.6 Å². The van der Waals surface area contributed by atoms with Crippen molar-refractivity contribution in [2.45, 2.75) is 25.9 Å². The second-order valence-corrected chi connectivity index (χ2v) is 5.56. The molecule has 2 atom stereocenters. The molecule has 0 aliphatic rings. The van der Waals surface area contributed by atoms with Crippen molar-refractivity contribution in [1.82, 2.24) is 0 Å². The maximum atomic E-state index is 10.6.